The molecule has 10 heteroatoms. The quantitative estimate of drug-likeness (QED) is 0.572. The smallest absolute Gasteiger partial charge is 0.296 e. The van der Waals surface area contributed by atoms with Crippen LogP contribution in [0.2, 0.25) is 5.02 Å². The third-order valence-electron chi connectivity index (χ3n) is 4.94. The van der Waals surface area contributed by atoms with Crippen LogP contribution >= 0.6 is 11.6 Å². The van der Waals surface area contributed by atoms with Gasteiger partial charge in [-0.1, -0.05) is 23.7 Å². The van der Waals surface area contributed by atoms with Crippen LogP contribution in [0.1, 0.15) is 5.56 Å². The van der Waals surface area contributed by atoms with Crippen LogP contribution in [0.5, 0.6) is 17.6 Å². The lowest BCUT2D eigenvalue weighted by Crippen LogP contribution is -2.34. The number of aromatic amines is 1. The zero-order valence-corrected chi connectivity index (χ0v) is 15.9. The van der Waals surface area contributed by atoms with Crippen molar-refractivity contribution < 1.29 is 29.2 Å². The highest BCUT2D eigenvalue weighted by atomic mass is 35.5. The molecule has 0 saturated carbocycles. The summed E-state index contributed by atoms with van der Waals surface area (Å²) in [5.74, 6) is 0.745. The molecule has 4 heterocycles. The van der Waals surface area contributed by atoms with Gasteiger partial charge in [-0.2, -0.15) is 9.97 Å². The summed E-state index contributed by atoms with van der Waals surface area (Å²) in [6, 6.07) is 8.86. The number of hydrogen-bond acceptors (Lipinski definition) is 8. The lowest BCUT2D eigenvalue weighted by molar-refractivity contribution is 0.00706. The number of nitrogens with one attached hydrogen (secondary N) is 1. The topological polar surface area (TPSA) is 119 Å². The van der Waals surface area contributed by atoms with Gasteiger partial charge in [0, 0.05) is 0 Å². The third kappa shape index (κ3) is 3.52. The molecule has 3 N–H and O–H groups in total. The Morgan fingerprint density at radius 1 is 1.14 bits per heavy atom. The Hall–Kier alpha value is -2.43. The number of ether oxygens (including phenoxy) is 4. The predicted octanol–water partition coefficient (Wildman–Crippen LogP) is 1.80. The van der Waals surface area contributed by atoms with Crippen molar-refractivity contribution in [3.63, 3.8) is 0 Å². The molecular weight excluding hydrogens is 402 g/mol. The molecule has 0 spiro atoms. The Morgan fingerprint density at radius 2 is 1.93 bits per heavy atom. The second kappa shape index (κ2) is 7.43. The molecule has 3 aromatic rings. The predicted molar refractivity (Wildman–Crippen MR) is 101 cm³/mol. The first kappa shape index (κ1) is 18.6. The summed E-state index contributed by atoms with van der Waals surface area (Å²) in [6.45, 7) is 0.487. The average molecular weight is 420 g/mol. The molecule has 2 fully saturated rings. The normalized spacial score (nSPS) is 26.0. The van der Waals surface area contributed by atoms with Crippen molar-refractivity contribution in [1.29, 1.82) is 0 Å². The first-order valence-corrected chi connectivity index (χ1v) is 9.50. The summed E-state index contributed by atoms with van der Waals surface area (Å²) in [7, 11) is 0. The van der Waals surface area contributed by atoms with Crippen molar-refractivity contribution in [2.75, 3.05) is 13.2 Å². The number of nitrogens with zero attached hydrogens (tertiary/aromatic N) is 2. The van der Waals surface area contributed by atoms with Gasteiger partial charge in [-0.15, -0.1) is 0 Å². The zero-order valence-electron chi connectivity index (χ0n) is 15.1. The molecule has 9 nitrogen and oxygen atoms in total. The summed E-state index contributed by atoms with van der Waals surface area (Å²) in [5.41, 5.74) is 1.75. The molecule has 2 aromatic heterocycles. The number of pyridine rings is 1. The fourth-order valence-corrected chi connectivity index (χ4v) is 3.66. The van der Waals surface area contributed by atoms with Gasteiger partial charge in [0.1, 0.15) is 29.1 Å². The van der Waals surface area contributed by atoms with Crippen molar-refractivity contribution in [3.8, 4) is 17.6 Å². The van der Waals surface area contributed by atoms with Crippen molar-refractivity contribution in [2.45, 2.75) is 31.0 Å². The van der Waals surface area contributed by atoms with Crippen LogP contribution in [0.3, 0.4) is 0 Å². The number of H-pyrrole nitrogens is 1. The molecule has 0 radical (unpaired) electrons. The lowest BCUT2D eigenvalue weighted by Gasteiger charge is -2.15. The van der Waals surface area contributed by atoms with Crippen LogP contribution in [0.4, 0.5) is 0 Å². The molecule has 0 unspecified atom stereocenters. The van der Waals surface area contributed by atoms with E-state index in [2.05, 4.69) is 15.0 Å². The molecule has 0 amide bonds. The van der Waals surface area contributed by atoms with Crippen molar-refractivity contribution in [2.24, 2.45) is 0 Å². The molecule has 5 rings (SSSR count). The van der Waals surface area contributed by atoms with Gasteiger partial charge in [0.25, 0.3) is 6.01 Å². The maximum Gasteiger partial charge on any atom is 0.296 e. The molecular formula is C19H18ClN3O6. The number of imidazole rings is 1. The summed E-state index contributed by atoms with van der Waals surface area (Å²) in [5, 5.41) is 19.3. The van der Waals surface area contributed by atoms with Gasteiger partial charge in [-0.05, 0) is 23.8 Å². The summed E-state index contributed by atoms with van der Waals surface area (Å²) in [6.07, 6.45) is -1.74. The number of fused-ring (bicyclic) bond motifs is 2. The Balaban J connectivity index is 1.35. The van der Waals surface area contributed by atoms with Crippen LogP contribution in [0, 0.1) is 0 Å². The minimum atomic E-state index is -0.643. The van der Waals surface area contributed by atoms with Gasteiger partial charge in [0.2, 0.25) is 5.88 Å². The summed E-state index contributed by atoms with van der Waals surface area (Å²) < 4.78 is 22.7. The highest BCUT2D eigenvalue weighted by Gasteiger charge is 2.48. The van der Waals surface area contributed by atoms with E-state index < -0.39 is 6.10 Å². The van der Waals surface area contributed by atoms with Gasteiger partial charge < -0.3 is 34.1 Å². The van der Waals surface area contributed by atoms with E-state index in [0.717, 1.165) is 5.56 Å². The van der Waals surface area contributed by atoms with E-state index in [4.69, 9.17) is 35.7 Å². The molecule has 0 aliphatic carbocycles. The monoisotopic (exact) mass is 419 g/mol. The number of halogens is 1. The number of hydrogen-bond donors (Lipinski definition) is 3. The molecule has 0 bridgehead atoms. The van der Waals surface area contributed by atoms with Crippen molar-refractivity contribution in [1.82, 2.24) is 15.0 Å². The van der Waals surface area contributed by atoms with E-state index in [0.29, 0.717) is 28.5 Å². The van der Waals surface area contributed by atoms with Crippen molar-refractivity contribution >= 4 is 22.8 Å². The minimum Gasteiger partial charge on any atom is -0.456 e. The van der Waals surface area contributed by atoms with Gasteiger partial charge in [0.15, 0.2) is 11.8 Å². The van der Waals surface area contributed by atoms with Crippen LogP contribution in [0.15, 0.2) is 30.3 Å². The number of aromatic nitrogens is 3. The molecule has 2 aliphatic rings. The third-order valence-corrected chi connectivity index (χ3v) is 5.21. The highest BCUT2D eigenvalue weighted by Crippen LogP contribution is 2.32. The first-order chi connectivity index (χ1) is 14.1. The van der Waals surface area contributed by atoms with Crippen molar-refractivity contribution in [3.05, 3.63) is 40.9 Å². The van der Waals surface area contributed by atoms with Crippen LogP contribution in [0.25, 0.3) is 11.2 Å². The summed E-state index contributed by atoms with van der Waals surface area (Å²) >= 11 is 6.30. The van der Waals surface area contributed by atoms with Crippen LogP contribution < -0.4 is 9.47 Å². The number of aliphatic hydroxyl groups is 2. The SMILES string of the molecule is OCc1ccc(Oc2nc3nc(O[C@@H]4CO[C@H]5[C@@H]4OC[C@H]5O)[nH]c3cc2Cl)cc1. The molecule has 1 aromatic carbocycles. The molecule has 4 atom stereocenters. The van der Waals surface area contributed by atoms with Gasteiger partial charge in [-0.3, -0.25) is 0 Å². The van der Waals surface area contributed by atoms with E-state index in [-0.39, 0.29) is 43.4 Å². The van der Waals surface area contributed by atoms with E-state index in [1.54, 1.807) is 30.3 Å². The zero-order chi connectivity index (χ0) is 20.0. The molecule has 152 valence electrons. The Kier molecular flexibility index (Phi) is 4.76. The second-order valence-electron chi connectivity index (χ2n) is 6.91. The van der Waals surface area contributed by atoms with E-state index in [9.17, 15) is 5.11 Å². The Labute approximate surface area is 170 Å². The first-order valence-electron chi connectivity index (χ1n) is 9.12. The van der Waals surface area contributed by atoms with Gasteiger partial charge >= 0.3 is 0 Å². The van der Waals surface area contributed by atoms with Crippen LogP contribution in [-0.2, 0) is 16.1 Å². The van der Waals surface area contributed by atoms with E-state index in [1.807, 2.05) is 0 Å². The lowest BCUT2D eigenvalue weighted by atomic mass is 10.1. The maximum atomic E-state index is 9.83. The molecule has 29 heavy (non-hydrogen) atoms. The number of rotatable bonds is 5. The number of aliphatic hydroxyl groups excluding tert-OH is 2. The fourth-order valence-electron chi connectivity index (χ4n) is 3.47. The Bertz CT molecular complexity index is 1030. The summed E-state index contributed by atoms with van der Waals surface area (Å²) in [4.78, 5) is 11.7. The maximum absolute atomic E-state index is 9.83. The molecule has 2 aliphatic heterocycles. The largest absolute Gasteiger partial charge is 0.456 e. The minimum absolute atomic E-state index is 0.0427. The van der Waals surface area contributed by atoms with Crippen LogP contribution in [-0.4, -0.2) is 62.8 Å². The second-order valence-corrected chi connectivity index (χ2v) is 7.32. The standard InChI is InChI=1S/C19H18ClN3O6/c20-11-5-12-17(22-18(11)28-10-3-1-9(6-24)2-4-10)23-19(21-12)29-14-8-27-15-13(25)7-26-16(14)15/h1-5,13-16,24-25H,6-8H2,(H,21,22,23)/t13-,14-,15-,16-/m1/s1. The Morgan fingerprint density at radius 3 is 2.72 bits per heavy atom. The van der Waals surface area contributed by atoms with E-state index in [1.165, 1.54) is 0 Å². The highest BCUT2D eigenvalue weighted by molar-refractivity contribution is 6.32. The average Bonchev–Trinajstić information content (AvgIpc) is 3.40. The van der Waals surface area contributed by atoms with Gasteiger partial charge in [-0.25, -0.2) is 0 Å². The fraction of sp³-hybridized carbons (Fsp3) is 0.368. The van der Waals surface area contributed by atoms with Gasteiger partial charge in [0.05, 0.1) is 25.3 Å². The number of benzene rings is 1. The van der Waals surface area contributed by atoms with E-state index >= 15 is 0 Å². The molecule has 2 saturated heterocycles.